The summed E-state index contributed by atoms with van der Waals surface area (Å²) in [6.45, 7) is 0. The van der Waals surface area contributed by atoms with Crippen LogP contribution in [0.1, 0.15) is 5.69 Å². The number of ether oxygens (including phenoxy) is 1. The maximum Gasteiger partial charge on any atom is 0.144 e. The van der Waals surface area contributed by atoms with Crippen LogP contribution in [0.3, 0.4) is 0 Å². The Morgan fingerprint density at radius 2 is 2.18 bits per heavy atom. The van der Waals surface area contributed by atoms with Crippen LogP contribution >= 0.6 is 0 Å². The Morgan fingerprint density at radius 3 is 2.94 bits per heavy atom. The minimum Gasteiger partial charge on any atom is -0.494 e. The second-order valence-corrected chi connectivity index (χ2v) is 3.38. The topological polar surface area (TPSA) is 47.4 Å². The molecule has 0 aliphatic rings. The molecule has 0 N–H and O–H groups in total. The van der Waals surface area contributed by atoms with Crippen LogP contribution in [0.2, 0.25) is 0 Å². The van der Waals surface area contributed by atoms with E-state index in [1.54, 1.807) is 25.7 Å². The molecule has 0 saturated carbocycles. The number of aromatic nitrogens is 2. The van der Waals surface area contributed by atoms with Crippen molar-refractivity contribution in [1.82, 2.24) is 9.97 Å². The third kappa shape index (κ3) is 3.11. The largest absolute Gasteiger partial charge is 0.494 e. The lowest BCUT2D eigenvalue weighted by molar-refractivity contribution is 0.416. The van der Waals surface area contributed by atoms with E-state index in [9.17, 15) is 0 Å². The summed E-state index contributed by atoms with van der Waals surface area (Å²) in [5.41, 5.74) is 1.71. The quantitative estimate of drug-likeness (QED) is 0.754. The number of benzene rings is 1. The van der Waals surface area contributed by atoms with Crippen LogP contribution in [0.4, 0.5) is 5.69 Å². The average molecular weight is 227 g/mol. The molecule has 4 nitrogen and oxygen atoms in total. The number of hydrogen-bond donors (Lipinski definition) is 0. The summed E-state index contributed by atoms with van der Waals surface area (Å²) in [4.78, 5) is 12.5. The molecule has 2 rings (SSSR count). The summed E-state index contributed by atoms with van der Waals surface area (Å²) in [7, 11) is 1.64. The molecule has 0 radical (unpaired) electrons. The summed E-state index contributed by atoms with van der Waals surface area (Å²) >= 11 is 0. The Morgan fingerprint density at radius 1 is 1.29 bits per heavy atom. The molecule has 2 aromatic rings. The highest BCUT2D eigenvalue weighted by molar-refractivity contribution is 5.68. The summed E-state index contributed by atoms with van der Waals surface area (Å²) in [6, 6.07) is 7.64. The van der Waals surface area contributed by atoms with E-state index in [1.807, 2.05) is 30.5 Å². The second kappa shape index (κ2) is 5.75. The molecule has 0 aliphatic heterocycles. The van der Waals surface area contributed by atoms with Crippen molar-refractivity contribution >= 4 is 11.9 Å². The van der Waals surface area contributed by atoms with Crippen LogP contribution in [-0.4, -0.2) is 23.3 Å². The number of nitrogens with zero attached hydrogens (tertiary/aromatic N) is 3. The van der Waals surface area contributed by atoms with E-state index in [4.69, 9.17) is 4.74 Å². The van der Waals surface area contributed by atoms with Crippen molar-refractivity contribution in [3.63, 3.8) is 0 Å². The van der Waals surface area contributed by atoms with Crippen LogP contribution in [-0.2, 0) is 6.42 Å². The lowest BCUT2D eigenvalue weighted by Gasteiger charge is -2.02. The van der Waals surface area contributed by atoms with E-state index in [1.165, 1.54) is 0 Å². The van der Waals surface area contributed by atoms with Gasteiger partial charge in [-0.15, -0.1) is 0 Å². The Bertz CT molecular complexity index is 497. The van der Waals surface area contributed by atoms with Gasteiger partial charge in [-0.3, -0.25) is 15.0 Å². The number of aliphatic imine (C=N–C) groups is 1. The first-order valence-corrected chi connectivity index (χ1v) is 5.30. The molecule has 0 spiro atoms. The van der Waals surface area contributed by atoms with E-state index < -0.39 is 0 Å². The molecule has 1 aromatic carbocycles. The van der Waals surface area contributed by atoms with Crippen LogP contribution in [0.5, 0.6) is 5.75 Å². The first-order chi connectivity index (χ1) is 8.40. The highest BCUT2D eigenvalue weighted by atomic mass is 16.5. The molecule has 86 valence electrons. The first-order valence-electron chi connectivity index (χ1n) is 5.30. The molecule has 0 aliphatic carbocycles. The molecule has 0 amide bonds. The van der Waals surface area contributed by atoms with Crippen LogP contribution in [0.15, 0.2) is 47.8 Å². The number of methoxy groups -OCH3 is 1. The smallest absolute Gasteiger partial charge is 0.144 e. The van der Waals surface area contributed by atoms with E-state index in [0.29, 0.717) is 6.42 Å². The lowest BCUT2D eigenvalue weighted by atomic mass is 10.3. The highest BCUT2D eigenvalue weighted by Gasteiger charge is 1.97. The average Bonchev–Trinajstić information content (AvgIpc) is 2.40. The van der Waals surface area contributed by atoms with Crippen LogP contribution in [0.25, 0.3) is 0 Å². The fourth-order valence-electron chi connectivity index (χ4n) is 1.41. The maximum absolute atomic E-state index is 5.21. The van der Waals surface area contributed by atoms with Crippen LogP contribution in [0, 0.1) is 0 Å². The van der Waals surface area contributed by atoms with Crippen LogP contribution < -0.4 is 4.74 Å². The molecule has 17 heavy (non-hydrogen) atoms. The van der Waals surface area contributed by atoms with Crippen molar-refractivity contribution in [2.24, 2.45) is 4.99 Å². The van der Waals surface area contributed by atoms with Crippen molar-refractivity contribution < 1.29 is 4.74 Å². The van der Waals surface area contributed by atoms with E-state index >= 15 is 0 Å². The molecule has 0 unspecified atom stereocenters. The number of hydrogen-bond acceptors (Lipinski definition) is 4. The fraction of sp³-hybridized carbons (Fsp3) is 0.154. The van der Waals surface area contributed by atoms with Gasteiger partial charge in [0.15, 0.2) is 0 Å². The molecule has 1 heterocycles. The predicted molar refractivity (Wildman–Crippen MR) is 66.9 cm³/mol. The Balaban J connectivity index is 2.06. The zero-order valence-electron chi connectivity index (χ0n) is 9.58. The molecule has 4 heteroatoms. The molecule has 0 fully saturated rings. The first kappa shape index (κ1) is 11.3. The minimum absolute atomic E-state index is 0.659. The van der Waals surface area contributed by atoms with E-state index in [-0.39, 0.29) is 0 Å². The van der Waals surface area contributed by atoms with E-state index in [2.05, 4.69) is 15.0 Å². The van der Waals surface area contributed by atoms with Crippen molar-refractivity contribution in [2.75, 3.05) is 7.11 Å². The van der Waals surface area contributed by atoms with Gasteiger partial charge in [-0.25, -0.2) is 0 Å². The number of rotatable bonds is 4. The maximum atomic E-state index is 5.21. The summed E-state index contributed by atoms with van der Waals surface area (Å²) < 4.78 is 5.21. The van der Waals surface area contributed by atoms with Gasteiger partial charge in [0.05, 0.1) is 12.8 Å². The standard InChI is InChI=1S/C13H13N3O/c1-17-13-5-3-2-4-12(13)16-7-6-11-10-14-8-9-15-11/h2-5,7-10H,6H2,1H3. The Kier molecular flexibility index (Phi) is 3.81. The van der Waals surface area contributed by atoms with Gasteiger partial charge in [-0.05, 0) is 12.1 Å². The summed E-state index contributed by atoms with van der Waals surface area (Å²) in [5, 5.41) is 0. The molecule has 0 atom stereocenters. The highest BCUT2D eigenvalue weighted by Crippen LogP contribution is 2.25. The molecular weight excluding hydrogens is 214 g/mol. The van der Waals surface area contributed by atoms with E-state index in [0.717, 1.165) is 17.1 Å². The Labute approximate surface area is 100 Å². The summed E-state index contributed by atoms with van der Waals surface area (Å²) in [5.74, 6) is 0.767. The van der Waals surface area contributed by atoms with Gasteiger partial charge in [0.2, 0.25) is 0 Å². The van der Waals surface area contributed by atoms with Crippen molar-refractivity contribution in [3.05, 3.63) is 48.5 Å². The van der Waals surface area contributed by atoms with Gasteiger partial charge in [0, 0.05) is 31.2 Å². The van der Waals surface area contributed by atoms with Gasteiger partial charge in [-0.2, -0.15) is 0 Å². The van der Waals surface area contributed by atoms with Gasteiger partial charge in [-0.1, -0.05) is 12.1 Å². The SMILES string of the molecule is COc1ccccc1N=CCc1cnccn1. The zero-order valence-corrected chi connectivity index (χ0v) is 9.58. The van der Waals surface area contributed by atoms with Gasteiger partial charge in [0.25, 0.3) is 0 Å². The minimum atomic E-state index is 0.659. The molecule has 0 bridgehead atoms. The fourth-order valence-corrected chi connectivity index (χ4v) is 1.41. The lowest BCUT2D eigenvalue weighted by Crippen LogP contribution is -1.91. The van der Waals surface area contributed by atoms with Gasteiger partial charge < -0.3 is 4.74 Å². The summed E-state index contributed by atoms with van der Waals surface area (Å²) in [6.07, 6.45) is 7.52. The third-order valence-electron chi connectivity index (χ3n) is 2.23. The number of para-hydroxylation sites is 2. The normalized spacial score (nSPS) is 10.6. The third-order valence-corrected chi connectivity index (χ3v) is 2.23. The van der Waals surface area contributed by atoms with Crippen molar-refractivity contribution in [2.45, 2.75) is 6.42 Å². The molecule has 1 aromatic heterocycles. The van der Waals surface area contributed by atoms with Gasteiger partial charge >= 0.3 is 0 Å². The van der Waals surface area contributed by atoms with Crippen molar-refractivity contribution in [1.29, 1.82) is 0 Å². The Hall–Kier alpha value is -2.23. The molecular formula is C13H13N3O. The van der Waals surface area contributed by atoms with Crippen molar-refractivity contribution in [3.8, 4) is 5.75 Å². The van der Waals surface area contributed by atoms with Gasteiger partial charge in [0.1, 0.15) is 11.4 Å². The molecule has 0 saturated heterocycles. The zero-order chi connectivity index (χ0) is 11.9. The predicted octanol–water partition coefficient (Wildman–Crippen LogP) is 2.43. The monoisotopic (exact) mass is 227 g/mol. The second-order valence-electron chi connectivity index (χ2n) is 3.38.